The monoisotopic (exact) mass is 589 g/mol. The number of alkyl halides is 3. The minimum absolute atomic E-state index is 0.0454. The largest absolute Gasteiger partial charge is 0.421 e. The van der Waals surface area contributed by atoms with Crippen molar-refractivity contribution in [3.63, 3.8) is 0 Å². The Morgan fingerprint density at radius 3 is 2.49 bits per heavy atom. The molecule has 10 nitrogen and oxygen atoms in total. The normalized spacial score (nSPS) is 28.4. The highest BCUT2D eigenvalue weighted by atomic mass is 32.2. The van der Waals surface area contributed by atoms with Crippen LogP contribution in [0.25, 0.3) is 0 Å². The molecule has 1 aromatic heterocycles. The van der Waals surface area contributed by atoms with Gasteiger partial charge >= 0.3 is 6.18 Å². The molecule has 0 amide bonds. The number of rotatable bonds is 6. The molecule has 3 fully saturated rings. The van der Waals surface area contributed by atoms with Crippen molar-refractivity contribution in [3.8, 4) is 0 Å². The van der Waals surface area contributed by atoms with Gasteiger partial charge in [-0.3, -0.25) is 4.90 Å². The van der Waals surface area contributed by atoms with Crippen LogP contribution in [0.3, 0.4) is 0 Å². The minimum atomic E-state index is -4.92. The van der Waals surface area contributed by atoms with E-state index in [0.29, 0.717) is 38.0 Å². The van der Waals surface area contributed by atoms with Crippen molar-refractivity contribution in [1.82, 2.24) is 19.2 Å². The van der Waals surface area contributed by atoms with Crippen LogP contribution in [0.1, 0.15) is 18.9 Å². The summed E-state index contributed by atoms with van der Waals surface area (Å²) in [6.07, 6.45) is -3.08. The number of ether oxygens (including phenoxy) is 1. The zero-order chi connectivity index (χ0) is 28.2. The van der Waals surface area contributed by atoms with Gasteiger partial charge in [0.15, 0.2) is 5.60 Å². The van der Waals surface area contributed by atoms with Gasteiger partial charge < -0.3 is 19.8 Å². The molecule has 214 valence electrons. The molecule has 2 aromatic rings. The summed E-state index contributed by atoms with van der Waals surface area (Å²) < 4.78 is 74.0. The number of hydrogen-bond acceptors (Lipinski definition) is 10. The zero-order valence-electron chi connectivity index (χ0n) is 21.1. The SMILES string of the molecule is C[C@@](O)(c1cnc(N2CCN(S(=O)(=O)c3ccccc3S)C[C@@H]2CN2[C@@H]3COC[C@H]2[C@@H](O)C3)nc1)C(F)(F)F. The molecule has 0 unspecified atom stereocenters. The lowest BCUT2D eigenvalue weighted by molar-refractivity contribution is -0.259. The fourth-order valence-electron chi connectivity index (χ4n) is 5.45. The Kier molecular flexibility index (Phi) is 7.63. The van der Waals surface area contributed by atoms with Gasteiger partial charge in [0, 0.05) is 55.1 Å². The second kappa shape index (κ2) is 10.4. The Morgan fingerprint density at radius 1 is 1.15 bits per heavy atom. The highest BCUT2D eigenvalue weighted by Gasteiger charge is 2.52. The number of benzene rings is 1. The summed E-state index contributed by atoms with van der Waals surface area (Å²) in [6.45, 7) is 2.10. The summed E-state index contributed by atoms with van der Waals surface area (Å²) in [5.74, 6) is 0.120. The van der Waals surface area contributed by atoms with Crippen LogP contribution in [-0.4, -0.2) is 108 Å². The van der Waals surface area contributed by atoms with Crippen molar-refractivity contribution >= 4 is 28.6 Å². The number of morpholine rings is 1. The van der Waals surface area contributed by atoms with Crippen LogP contribution in [0.4, 0.5) is 19.1 Å². The van der Waals surface area contributed by atoms with Crippen LogP contribution >= 0.6 is 12.6 Å². The predicted molar refractivity (Wildman–Crippen MR) is 137 cm³/mol. The van der Waals surface area contributed by atoms with E-state index in [4.69, 9.17) is 4.74 Å². The first-order valence-corrected chi connectivity index (χ1v) is 14.4. The average Bonchev–Trinajstić information content (AvgIpc) is 3.04. The molecule has 0 spiro atoms. The van der Waals surface area contributed by atoms with Gasteiger partial charge in [-0.15, -0.1) is 12.6 Å². The summed E-state index contributed by atoms with van der Waals surface area (Å²) >= 11 is 4.32. The molecule has 2 N–H and O–H groups in total. The highest BCUT2D eigenvalue weighted by Crippen LogP contribution is 2.38. The topological polar surface area (TPSA) is 119 Å². The van der Waals surface area contributed by atoms with Crippen LogP contribution in [0.5, 0.6) is 0 Å². The third-order valence-corrected chi connectivity index (χ3v) is 10.3. The zero-order valence-corrected chi connectivity index (χ0v) is 22.8. The van der Waals surface area contributed by atoms with Crippen LogP contribution in [0.2, 0.25) is 0 Å². The number of aliphatic hydroxyl groups excluding tert-OH is 1. The molecular weight excluding hydrogens is 559 g/mol. The number of nitrogens with zero attached hydrogens (tertiary/aromatic N) is 5. The Morgan fingerprint density at radius 2 is 1.85 bits per heavy atom. The molecule has 4 heterocycles. The van der Waals surface area contributed by atoms with Gasteiger partial charge in [0.05, 0.1) is 36.3 Å². The number of aromatic nitrogens is 2. The van der Waals surface area contributed by atoms with Crippen LogP contribution in [0.15, 0.2) is 46.5 Å². The van der Waals surface area contributed by atoms with Gasteiger partial charge in [0.2, 0.25) is 16.0 Å². The number of sulfonamides is 1. The number of hydrogen-bond donors (Lipinski definition) is 3. The third-order valence-electron chi connectivity index (χ3n) is 7.81. The molecule has 3 aliphatic heterocycles. The molecule has 0 saturated carbocycles. The van der Waals surface area contributed by atoms with Crippen molar-refractivity contribution in [1.29, 1.82) is 0 Å². The number of piperazine rings is 1. The van der Waals surface area contributed by atoms with E-state index in [9.17, 15) is 31.8 Å². The van der Waals surface area contributed by atoms with Crippen LogP contribution < -0.4 is 4.90 Å². The fraction of sp³-hybridized carbons (Fsp3) is 0.583. The van der Waals surface area contributed by atoms with Gasteiger partial charge in [-0.25, -0.2) is 18.4 Å². The van der Waals surface area contributed by atoms with E-state index in [2.05, 4.69) is 27.5 Å². The molecule has 3 aliphatic rings. The molecule has 2 bridgehead atoms. The quantitative estimate of drug-likeness (QED) is 0.428. The second-order valence-electron chi connectivity index (χ2n) is 10.3. The standard InChI is InChI=1S/C24H30F3N5O5S2/c1-23(34,24(25,26)27)15-9-28-22(29-10-15)31-7-6-30(39(35,36)21-5-3-2-4-20(21)38)11-17(31)12-32-16-8-19(33)18(32)14-37-13-16/h2-5,9-10,16-19,33-34,38H,6-8,11-14H2,1H3/t16-,17+,18-,19-,23+/m0/s1. The number of anilines is 1. The third kappa shape index (κ3) is 5.25. The van der Waals surface area contributed by atoms with Crippen LogP contribution in [0, 0.1) is 0 Å². The van der Waals surface area contributed by atoms with Gasteiger partial charge in [-0.2, -0.15) is 17.5 Å². The molecular formula is C24H30F3N5O5S2. The maximum absolute atomic E-state index is 13.6. The van der Waals surface area contributed by atoms with E-state index in [1.165, 1.54) is 10.4 Å². The van der Waals surface area contributed by atoms with E-state index in [-0.39, 0.29) is 42.6 Å². The molecule has 0 aliphatic carbocycles. The van der Waals surface area contributed by atoms with Crippen molar-refractivity contribution in [2.24, 2.45) is 0 Å². The van der Waals surface area contributed by atoms with Crippen molar-refractivity contribution in [2.45, 2.75) is 59.1 Å². The fourth-order valence-corrected chi connectivity index (χ4v) is 7.51. The summed E-state index contributed by atoms with van der Waals surface area (Å²) in [6, 6.07) is 5.63. The highest BCUT2D eigenvalue weighted by molar-refractivity contribution is 7.90. The summed E-state index contributed by atoms with van der Waals surface area (Å²) in [4.78, 5) is 12.6. The van der Waals surface area contributed by atoms with Crippen molar-refractivity contribution in [3.05, 3.63) is 42.2 Å². The first kappa shape index (κ1) is 28.5. The minimum Gasteiger partial charge on any atom is -0.391 e. The Bertz CT molecular complexity index is 1300. The van der Waals surface area contributed by atoms with Gasteiger partial charge in [0.1, 0.15) is 0 Å². The molecule has 15 heteroatoms. The van der Waals surface area contributed by atoms with E-state index in [1.807, 2.05) is 0 Å². The summed E-state index contributed by atoms with van der Waals surface area (Å²) in [7, 11) is -3.90. The number of halogens is 3. The first-order valence-electron chi connectivity index (χ1n) is 12.5. The maximum atomic E-state index is 13.6. The van der Waals surface area contributed by atoms with Crippen molar-refractivity contribution < 1.29 is 36.5 Å². The van der Waals surface area contributed by atoms with E-state index in [1.54, 1.807) is 23.1 Å². The average molecular weight is 590 g/mol. The van der Waals surface area contributed by atoms with Gasteiger partial charge in [0.25, 0.3) is 0 Å². The molecule has 5 atom stereocenters. The number of aliphatic hydroxyl groups is 2. The lowest BCUT2D eigenvalue weighted by Crippen LogP contribution is -2.61. The molecule has 5 rings (SSSR count). The second-order valence-corrected chi connectivity index (χ2v) is 12.7. The summed E-state index contributed by atoms with van der Waals surface area (Å²) in [5.41, 5.74) is -3.63. The van der Waals surface area contributed by atoms with E-state index >= 15 is 0 Å². The number of thiol groups is 1. The Labute approximate surface area is 229 Å². The van der Waals surface area contributed by atoms with Gasteiger partial charge in [-0.05, 0) is 25.5 Å². The Hall–Kier alpha value is -2.01. The van der Waals surface area contributed by atoms with E-state index < -0.39 is 39.5 Å². The predicted octanol–water partition coefficient (Wildman–Crippen LogP) is 1.25. The van der Waals surface area contributed by atoms with Crippen LogP contribution in [-0.2, 0) is 20.4 Å². The first-order chi connectivity index (χ1) is 18.3. The van der Waals surface area contributed by atoms with E-state index in [0.717, 1.165) is 12.4 Å². The summed E-state index contributed by atoms with van der Waals surface area (Å²) in [5, 5.41) is 20.5. The molecule has 39 heavy (non-hydrogen) atoms. The number of fused-ring (bicyclic) bond motifs is 2. The molecule has 3 saturated heterocycles. The Balaban J connectivity index is 1.44. The lowest BCUT2D eigenvalue weighted by atomic mass is 9.99. The van der Waals surface area contributed by atoms with Gasteiger partial charge in [-0.1, -0.05) is 12.1 Å². The molecule has 0 radical (unpaired) electrons. The maximum Gasteiger partial charge on any atom is 0.421 e. The van der Waals surface area contributed by atoms with Crippen molar-refractivity contribution in [2.75, 3.05) is 44.3 Å². The molecule has 1 aromatic carbocycles. The smallest absolute Gasteiger partial charge is 0.391 e. The lowest BCUT2D eigenvalue weighted by Gasteiger charge is -2.45.